The third kappa shape index (κ3) is 1.18. The molecule has 0 saturated carbocycles. The Bertz CT molecular complexity index is 467. The highest BCUT2D eigenvalue weighted by Gasteiger charge is 2.01. The van der Waals surface area contributed by atoms with Crippen molar-refractivity contribution in [1.29, 1.82) is 5.26 Å². The van der Waals surface area contributed by atoms with Gasteiger partial charge in [0.25, 0.3) is 0 Å². The highest BCUT2D eigenvalue weighted by Crippen LogP contribution is 2.20. The molecule has 2 rings (SSSR count). The van der Waals surface area contributed by atoms with Crippen molar-refractivity contribution in [2.45, 2.75) is 0 Å². The minimum Gasteiger partial charge on any atom is -0.446 e. The second-order valence-corrected chi connectivity index (χ2v) is 3.65. The number of nitrogens with zero attached hydrogens (tertiary/aromatic N) is 1. The van der Waals surface area contributed by atoms with Crippen LogP contribution in [0.25, 0.3) is 11.0 Å². The van der Waals surface area contributed by atoms with Crippen molar-refractivity contribution in [2.24, 2.45) is 0 Å². The van der Waals surface area contributed by atoms with E-state index in [-0.39, 0.29) is 0 Å². The second-order valence-electron chi connectivity index (χ2n) is 2.40. The molecule has 0 amide bonds. The summed E-state index contributed by atoms with van der Waals surface area (Å²) in [4.78, 5) is 0. The fraction of sp³-hybridized carbons (Fsp3) is 0. The number of rotatable bonds is 0. The van der Waals surface area contributed by atoms with Crippen LogP contribution >= 0.6 is 22.6 Å². The molecule has 0 spiro atoms. The van der Waals surface area contributed by atoms with E-state index in [2.05, 4.69) is 22.6 Å². The van der Waals surface area contributed by atoms with Gasteiger partial charge >= 0.3 is 0 Å². The average Bonchev–Trinajstić information content (AvgIpc) is 2.46. The molecule has 1 heterocycles. The number of hydrogen-bond donors (Lipinski definition) is 0. The quantitative estimate of drug-likeness (QED) is 0.689. The van der Waals surface area contributed by atoms with Crippen LogP contribution < -0.4 is 0 Å². The molecule has 0 unspecified atom stereocenters. The van der Waals surface area contributed by atoms with E-state index in [1.807, 2.05) is 24.3 Å². The summed E-state index contributed by atoms with van der Waals surface area (Å²) in [7, 11) is 0. The number of benzene rings is 1. The van der Waals surface area contributed by atoms with E-state index in [9.17, 15) is 0 Å². The molecule has 0 saturated heterocycles. The van der Waals surface area contributed by atoms with Gasteiger partial charge in [0.1, 0.15) is 11.7 Å². The molecule has 1 aromatic carbocycles. The number of halogens is 1. The van der Waals surface area contributed by atoms with Crippen molar-refractivity contribution >= 4 is 33.6 Å². The van der Waals surface area contributed by atoms with Gasteiger partial charge in [-0.15, -0.1) is 0 Å². The van der Waals surface area contributed by atoms with Crippen molar-refractivity contribution in [3.05, 3.63) is 33.6 Å². The third-order valence-corrected chi connectivity index (χ3v) is 2.26. The van der Waals surface area contributed by atoms with Gasteiger partial charge in [-0.2, -0.15) is 5.26 Å². The lowest BCUT2D eigenvalue weighted by atomic mass is 10.2. The normalized spacial score (nSPS) is 10.0. The van der Waals surface area contributed by atoms with Gasteiger partial charge in [-0.3, -0.25) is 0 Å². The molecular weight excluding hydrogens is 265 g/mol. The average molecular weight is 269 g/mol. The lowest BCUT2D eigenvalue weighted by Crippen LogP contribution is -1.66. The number of nitriles is 1. The van der Waals surface area contributed by atoms with Crippen molar-refractivity contribution in [3.8, 4) is 6.07 Å². The van der Waals surface area contributed by atoms with Crippen LogP contribution in [0.1, 0.15) is 5.76 Å². The van der Waals surface area contributed by atoms with Gasteiger partial charge in [0.05, 0.1) is 0 Å². The lowest BCUT2D eigenvalue weighted by molar-refractivity contribution is 0.599. The largest absolute Gasteiger partial charge is 0.446 e. The molecule has 0 atom stereocenters. The minimum absolute atomic E-state index is 0.368. The van der Waals surface area contributed by atoms with E-state index in [0.29, 0.717) is 5.76 Å². The van der Waals surface area contributed by atoms with Crippen LogP contribution in [0.15, 0.2) is 28.7 Å². The molecular formula is C9H4INO. The Kier molecular flexibility index (Phi) is 1.77. The molecule has 2 aromatic rings. The zero-order valence-corrected chi connectivity index (χ0v) is 8.20. The van der Waals surface area contributed by atoms with Crippen molar-refractivity contribution in [1.82, 2.24) is 0 Å². The topological polar surface area (TPSA) is 36.9 Å². The Morgan fingerprint density at radius 3 is 2.92 bits per heavy atom. The monoisotopic (exact) mass is 269 g/mol. The van der Waals surface area contributed by atoms with Gasteiger partial charge in [-0.25, -0.2) is 0 Å². The predicted molar refractivity (Wildman–Crippen MR) is 53.6 cm³/mol. The molecule has 0 radical (unpaired) electrons. The molecule has 0 aliphatic rings. The van der Waals surface area contributed by atoms with E-state index in [4.69, 9.17) is 9.68 Å². The van der Waals surface area contributed by atoms with Crippen LogP contribution in [-0.2, 0) is 0 Å². The summed E-state index contributed by atoms with van der Waals surface area (Å²) in [6.45, 7) is 0. The van der Waals surface area contributed by atoms with Gasteiger partial charge < -0.3 is 4.42 Å². The van der Waals surface area contributed by atoms with Crippen molar-refractivity contribution in [3.63, 3.8) is 0 Å². The molecule has 0 fully saturated rings. The SMILES string of the molecule is N#Cc1cc2ccc(I)cc2o1. The highest BCUT2D eigenvalue weighted by molar-refractivity contribution is 14.1. The second kappa shape index (κ2) is 2.79. The summed E-state index contributed by atoms with van der Waals surface area (Å²) >= 11 is 2.21. The van der Waals surface area contributed by atoms with E-state index in [1.165, 1.54) is 0 Å². The zero-order chi connectivity index (χ0) is 8.55. The smallest absolute Gasteiger partial charge is 0.204 e. The molecule has 12 heavy (non-hydrogen) atoms. The first kappa shape index (κ1) is 7.62. The first-order valence-electron chi connectivity index (χ1n) is 3.39. The van der Waals surface area contributed by atoms with Gasteiger partial charge in [0.2, 0.25) is 5.76 Å². The fourth-order valence-electron chi connectivity index (χ4n) is 1.06. The summed E-state index contributed by atoms with van der Waals surface area (Å²) in [6, 6.07) is 9.55. The summed E-state index contributed by atoms with van der Waals surface area (Å²) < 4.78 is 6.34. The molecule has 0 aliphatic carbocycles. The van der Waals surface area contributed by atoms with Gasteiger partial charge in [0, 0.05) is 15.0 Å². The van der Waals surface area contributed by atoms with Crippen LogP contribution in [0.3, 0.4) is 0 Å². The zero-order valence-electron chi connectivity index (χ0n) is 6.04. The maximum atomic E-state index is 8.56. The summed E-state index contributed by atoms with van der Waals surface area (Å²) in [5.41, 5.74) is 0.776. The predicted octanol–water partition coefficient (Wildman–Crippen LogP) is 2.91. The minimum atomic E-state index is 0.368. The molecule has 0 aliphatic heterocycles. The van der Waals surface area contributed by atoms with Gasteiger partial charge in [-0.1, -0.05) is 6.07 Å². The molecule has 0 bridgehead atoms. The van der Waals surface area contributed by atoms with Crippen LogP contribution in [0.2, 0.25) is 0 Å². The molecule has 1 aromatic heterocycles. The standard InChI is InChI=1S/C9H4INO/c10-7-2-1-6-3-8(5-11)12-9(6)4-7/h1-4H. The van der Waals surface area contributed by atoms with Crippen molar-refractivity contribution < 1.29 is 4.42 Å². The Hall–Kier alpha value is -1.02. The Labute approximate surface area is 82.9 Å². The van der Waals surface area contributed by atoms with Gasteiger partial charge in [-0.05, 0) is 34.7 Å². The van der Waals surface area contributed by atoms with E-state index in [1.54, 1.807) is 6.07 Å². The van der Waals surface area contributed by atoms with E-state index < -0.39 is 0 Å². The van der Waals surface area contributed by atoms with E-state index >= 15 is 0 Å². The molecule has 58 valence electrons. The van der Waals surface area contributed by atoms with E-state index in [0.717, 1.165) is 14.5 Å². The fourth-order valence-corrected chi connectivity index (χ4v) is 1.52. The summed E-state index contributed by atoms with van der Waals surface area (Å²) in [6.07, 6.45) is 0. The third-order valence-electron chi connectivity index (χ3n) is 1.59. The lowest BCUT2D eigenvalue weighted by Gasteiger charge is -1.87. The van der Waals surface area contributed by atoms with Crippen LogP contribution in [-0.4, -0.2) is 0 Å². The molecule has 0 N–H and O–H groups in total. The maximum absolute atomic E-state index is 8.56. The number of fused-ring (bicyclic) bond motifs is 1. The molecule has 2 nitrogen and oxygen atoms in total. The first-order chi connectivity index (χ1) is 5.79. The number of furan rings is 1. The first-order valence-corrected chi connectivity index (χ1v) is 4.46. The van der Waals surface area contributed by atoms with Crippen LogP contribution in [0, 0.1) is 14.9 Å². The Balaban J connectivity index is 2.77. The summed E-state index contributed by atoms with van der Waals surface area (Å²) in [5.74, 6) is 0.368. The highest BCUT2D eigenvalue weighted by atomic mass is 127. The number of hydrogen-bond acceptors (Lipinski definition) is 2. The van der Waals surface area contributed by atoms with Crippen LogP contribution in [0.4, 0.5) is 0 Å². The van der Waals surface area contributed by atoms with Crippen molar-refractivity contribution in [2.75, 3.05) is 0 Å². The Morgan fingerprint density at radius 1 is 1.33 bits per heavy atom. The maximum Gasteiger partial charge on any atom is 0.204 e. The van der Waals surface area contributed by atoms with Gasteiger partial charge in [0.15, 0.2) is 0 Å². The molecule has 3 heteroatoms. The van der Waals surface area contributed by atoms with Crippen LogP contribution in [0.5, 0.6) is 0 Å². The Morgan fingerprint density at radius 2 is 2.17 bits per heavy atom. The summed E-state index contributed by atoms with van der Waals surface area (Å²) in [5, 5.41) is 9.54.